The summed E-state index contributed by atoms with van der Waals surface area (Å²) in [6.07, 6.45) is 3.86. The molecule has 33 heavy (non-hydrogen) atoms. The molecule has 0 saturated heterocycles. The minimum absolute atomic E-state index is 0.163. The number of carboxylic acid groups (broad SMARTS) is 1. The van der Waals surface area contributed by atoms with Gasteiger partial charge in [0.25, 0.3) is 10.0 Å². The Bertz CT molecular complexity index is 1170. The van der Waals surface area contributed by atoms with Crippen LogP contribution in [0.3, 0.4) is 0 Å². The fraction of sp³-hybridized carbons (Fsp3) is 0.269. The number of carbonyl (C=O) groups is 1. The number of rotatable bonds is 12. The monoisotopic (exact) mass is 467 g/mol. The Kier molecular flexibility index (Phi) is 8.49. The van der Waals surface area contributed by atoms with Crippen LogP contribution in [0.15, 0.2) is 77.7 Å². The van der Waals surface area contributed by atoms with Gasteiger partial charge in [0.2, 0.25) is 0 Å². The first-order chi connectivity index (χ1) is 15.9. The molecule has 3 rings (SSSR count). The molecule has 0 bridgehead atoms. The number of anilines is 1. The lowest BCUT2D eigenvalue weighted by molar-refractivity contribution is 0.0695. The van der Waals surface area contributed by atoms with Crippen LogP contribution >= 0.6 is 0 Å². The lowest BCUT2D eigenvalue weighted by atomic mass is 9.99. The maximum absolute atomic E-state index is 12.9. The number of hydrogen-bond acceptors (Lipinski definition) is 4. The molecule has 0 aliphatic heterocycles. The number of hydrogen-bond donors (Lipinski definition) is 2. The van der Waals surface area contributed by atoms with Crippen molar-refractivity contribution in [3.05, 3.63) is 89.5 Å². The van der Waals surface area contributed by atoms with Crippen LogP contribution in [-0.2, 0) is 22.9 Å². The van der Waals surface area contributed by atoms with Crippen molar-refractivity contribution in [1.29, 1.82) is 0 Å². The molecule has 3 aromatic carbocycles. The van der Waals surface area contributed by atoms with E-state index in [1.54, 1.807) is 36.4 Å². The van der Waals surface area contributed by atoms with Gasteiger partial charge in [0, 0.05) is 0 Å². The van der Waals surface area contributed by atoms with Crippen LogP contribution in [-0.4, -0.2) is 26.1 Å². The number of nitrogens with one attached hydrogen (secondary N) is 1. The van der Waals surface area contributed by atoms with Gasteiger partial charge in [0.1, 0.15) is 5.75 Å². The normalized spacial score (nSPS) is 11.2. The van der Waals surface area contributed by atoms with Gasteiger partial charge in [0.15, 0.2) is 0 Å². The Hall–Kier alpha value is -3.32. The first-order valence-electron chi connectivity index (χ1n) is 11.1. The molecule has 0 heterocycles. The third-order valence-electron chi connectivity index (χ3n) is 5.30. The smallest absolute Gasteiger partial charge is 0.335 e. The second-order valence-electron chi connectivity index (χ2n) is 7.75. The minimum Gasteiger partial charge on any atom is -0.494 e. The van der Waals surface area contributed by atoms with Crippen LogP contribution in [0.25, 0.3) is 0 Å². The zero-order chi connectivity index (χ0) is 23.7. The van der Waals surface area contributed by atoms with Gasteiger partial charge in [-0.1, -0.05) is 49.7 Å². The van der Waals surface area contributed by atoms with E-state index in [-0.39, 0.29) is 4.90 Å². The number of para-hydroxylation sites is 1. The van der Waals surface area contributed by atoms with E-state index in [4.69, 9.17) is 4.74 Å². The van der Waals surface area contributed by atoms with Gasteiger partial charge in [-0.25, -0.2) is 13.2 Å². The molecular formula is C26H29NO5S. The van der Waals surface area contributed by atoms with Crippen molar-refractivity contribution in [2.75, 3.05) is 11.3 Å². The van der Waals surface area contributed by atoms with Crippen LogP contribution in [0.1, 0.15) is 47.7 Å². The van der Waals surface area contributed by atoms with E-state index in [2.05, 4.69) is 11.6 Å². The number of aryl methyl sites for hydroxylation is 2. The van der Waals surface area contributed by atoms with Gasteiger partial charge >= 0.3 is 5.97 Å². The number of carboxylic acids is 1. The van der Waals surface area contributed by atoms with E-state index in [0.29, 0.717) is 42.9 Å². The second-order valence-corrected chi connectivity index (χ2v) is 9.43. The van der Waals surface area contributed by atoms with Gasteiger partial charge in [0.05, 0.1) is 22.8 Å². The summed E-state index contributed by atoms with van der Waals surface area (Å²) in [7, 11) is -3.76. The molecule has 0 radical (unpaired) electrons. The van der Waals surface area contributed by atoms with E-state index in [0.717, 1.165) is 24.0 Å². The van der Waals surface area contributed by atoms with Crippen molar-refractivity contribution < 1.29 is 23.1 Å². The summed E-state index contributed by atoms with van der Waals surface area (Å²) >= 11 is 0. The lowest BCUT2D eigenvalue weighted by Gasteiger charge is -2.13. The largest absolute Gasteiger partial charge is 0.494 e. The van der Waals surface area contributed by atoms with Crippen molar-refractivity contribution in [1.82, 2.24) is 0 Å². The number of aromatic carboxylic acids is 1. The molecule has 0 aliphatic rings. The van der Waals surface area contributed by atoms with E-state index in [1.807, 2.05) is 24.3 Å². The number of ether oxygens (including phenoxy) is 1. The molecule has 0 atom stereocenters. The van der Waals surface area contributed by atoms with Gasteiger partial charge in [-0.15, -0.1) is 0 Å². The van der Waals surface area contributed by atoms with Crippen LogP contribution in [0.5, 0.6) is 5.75 Å². The summed E-state index contributed by atoms with van der Waals surface area (Å²) in [6.45, 7) is 2.68. The summed E-state index contributed by atoms with van der Waals surface area (Å²) in [5.74, 6) is -0.301. The van der Waals surface area contributed by atoms with E-state index >= 15 is 0 Å². The predicted molar refractivity (Wildman–Crippen MR) is 130 cm³/mol. The SMILES string of the molecule is CCCCOc1ccc(S(=O)(=O)Nc2ccccc2CCCc2ccccc2C(=O)O)cc1. The number of unbranched alkanes of at least 4 members (excludes halogenated alkanes) is 1. The summed E-state index contributed by atoms with van der Waals surface area (Å²) < 4.78 is 34.1. The number of benzene rings is 3. The average molecular weight is 468 g/mol. The molecule has 2 N–H and O–H groups in total. The van der Waals surface area contributed by atoms with Crippen molar-refractivity contribution in [3.63, 3.8) is 0 Å². The Morgan fingerprint density at radius 1 is 0.879 bits per heavy atom. The standard InChI is InChI=1S/C26H29NO5S/c1-2-3-19-32-22-15-17-23(18-16-22)33(30,31)27-25-14-7-5-10-21(25)12-8-11-20-9-4-6-13-24(20)26(28)29/h4-7,9-10,13-18,27H,2-3,8,11-12,19H2,1H3,(H,28,29). The van der Waals surface area contributed by atoms with E-state index in [1.165, 1.54) is 12.1 Å². The Labute approximate surface area is 195 Å². The van der Waals surface area contributed by atoms with Gasteiger partial charge < -0.3 is 9.84 Å². The van der Waals surface area contributed by atoms with Crippen molar-refractivity contribution in [3.8, 4) is 5.75 Å². The van der Waals surface area contributed by atoms with E-state index in [9.17, 15) is 18.3 Å². The van der Waals surface area contributed by atoms with Crippen molar-refractivity contribution in [2.45, 2.75) is 43.9 Å². The first kappa shape index (κ1) is 24.3. The van der Waals surface area contributed by atoms with Crippen LogP contribution in [0.2, 0.25) is 0 Å². The third-order valence-corrected chi connectivity index (χ3v) is 6.68. The quantitative estimate of drug-likeness (QED) is 0.341. The van der Waals surface area contributed by atoms with Crippen LogP contribution < -0.4 is 9.46 Å². The van der Waals surface area contributed by atoms with Crippen molar-refractivity contribution in [2.24, 2.45) is 0 Å². The molecular weight excluding hydrogens is 438 g/mol. The lowest BCUT2D eigenvalue weighted by Crippen LogP contribution is -2.14. The van der Waals surface area contributed by atoms with Crippen molar-refractivity contribution >= 4 is 21.7 Å². The highest BCUT2D eigenvalue weighted by molar-refractivity contribution is 7.92. The summed E-state index contributed by atoms with van der Waals surface area (Å²) in [5.41, 5.74) is 2.44. The zero-order valence-electron chi connectivity index (χ0n) is 18.7. The summed E-state index contributed by atoms with van der Waals surface area (Å²) in [5, 5.41) is 9.35. The molecule has 0 saturated carbocycles. The third kappa shape index (κ3) is 6.83. The molecule has 174 valence electrons. The molecule has 6 nitrogen and oxygen atoms in total. The Morgan fingerprint density at radius 2 is 1.52 bits per heavy atom. The van der Waals surface area contributed by atoms with Crippen LogP contribution in [0.4, 0.5) is 5.69 Å². The maximum atomic E-state index is 12.9. The van der Waals surface area contributed by atoms with Crippen LogP contribution in [0, 0.1) is 0 Å². The highest BCUT2D eigenvalue weighted by Crippen LogP contribution is 2.24. The fourth-order valence-corrected chi connectivity index (χ4v) is 4.61. The van der Waals surface area contributed by atoms with Gasteiger partial charge in [-0.05, 0) is 73.2 Å². The predicted octanol–water partition coefficient (Wildman–Crippen LogP) is 5.54. The molecule has 0 spiro atoms. The molecule has 0 unspecified atom stereocenters. The van der Waals surface area contributed by atoms with Gasteiger partial charge in [-0.3, -0.25) is 4.72 Å². The zero-order valence-corrected chi connectivity index (χ0v) is 19.5. The first-order valence-corrected chi connectivity index (χ1v) is 12.5. The second kappa shape index (κ2) is 11.5. The molecule has 7 heteroatoms. The molecule has 0 aliphatic carbocycles. The fourth-order valence-electron chi connectivity index (χ4n) is 3.51. The number of sulfonamides is 1. The highest BCUT2D eigenvalue weighted by Gasteiger charge is 2.16. The molecule has 3 aromatic rings. The minimum atomic E-state index is -3.76. The average Bonchev–Trinajstić information content (AvgIpc) is 2.81. The highest BCUT2D eigenvalue weighted by atomic mass is 32.2. The molecule has 0 amide bonds. The molecule has 0 fully saturated rings. The summed E-state index contributed by atoms with van der Waals surface area (Å²) in [4.78, 5) is 11.6. The summed E-state index contributed by atoms with van der Waals surface area (Å²) in [6, 6.07) is 20.6. The Balaban J connectivity index is 1.67. The topological polar surface area (TPSA) is 92.7 Å². The van der Waals surface area contributed by atoms with Gasteiger partial charge in [-0.2, -0.15) is 0 Å². The maximum Gasteiger partial charge on any atom is 0.335 e. The van der Waals surface area contributed by atoms with E-state index < -0.39 is 16.0 Å². The molecule has 0 aromatic heterocycles. The Morgan fingerprint density at radius 3 is 2.21 bits per heavy atom.